The van der Waals surface area contributed by atoms with E-state index in [2.05, 4.69) is 19.1 Å². The molecule has 0 saturated heterocycles. The fraction of sp³-hybridized carbons (Fsp3) is 0.733. The van der Waals surface area contributed by atoms with Gasteiger partial charge in [0.25, 0.3) is 0 Å². The Labute approximate surface area is 115 Å². The Kier molecular flexibility index (Phi) is 10.9. The number of hydrogen-bond donors (Lipinski definition) is 2. The highest BCUT2D eigenvalue weighted by Crippen LogP contribution is 2.15. The van der Waals surface area contributed by atoms with Gasteiger partial charge >= 0.3 is 11.9 Å². The number of carboxylic acid groups (broad SMARTS) is 2. The number of aliphatic carboxylic acids is 2. The summed E-state index contributed by atoms with van der Waals surface area (Å²) in [6, 6.07) is 0. The van der Waals surface area contributed by atoms with Gasteiger partial charge < -0.3 is 10.2 Å². The van der Waals surface area contributed by atoms with Crippen molar-refractivity contribution in [1.82, 2.24) is 0 Å². The fourth-order valence-corrected chi connectivity index (χ4v) is 1.91. The topological polar surface area (TPSA) is 74.6 Å². The molecule has 0 aliphatic heterocycles. The summed E-state index contributed by atoms with van der Waals surface area (Å²) in [5.41, 5.74) is 0. The number of rotatable bonds is 12. The van der Waals surface area contributed by atoms with Crippen molar-refractivity contribution in [2.75, 3.05) is 0 Å². The van der Waals surface area contributed by atoms with E-state index in [0.29, 0.717) is 6.42 Å². The molecule has 110 valence electrons. The molecular weight excluding hydrogens is 244 g/mol. The molecule has 0 aliphatic carbocycles. The molecule has 0 rings (SSSR count). The van der Waals surface area contributed by atoms with Crippen molar-refractivity contribution in [3.05, 3.63) is 12.2 Å². The maximum Gasteiger partial charge on any atom is 0.307 e. The van der Waals surface area contributed by atoms with Crippen LogP contribution in [0, 0.1) is 5.92 Å². The van der Waals surface area contributed by atoms with Crippen LogP contribution in [0.1, 0.15) is 64.7 Å². The first-order valence-electron chi connectivity index (χ1n) is 7.17. The molecule has 0 spiro atoms. The smallest absolute Gasteiger partial charge is 0.307 e. The van der Waals surface area contributed by atoms with Crippen LogP contribution in [-0.2, 0) is 9.59 Å². The number of unbranched alkanes of at least 4 members (excludes halogenated alkanes) is 5. The second kappa shape index (κ2) is 11.8. The average molecular weight is 270 g/mol. The Balaban J connectivity index is 3.57. The van der Waals surface area contributed by atoms with Crippen LogP contribution >= 0.6 is 0 Å². The number of allylic oxidation sites excluding steroid dienone is 2. The molecule has 0 amide bonds. The zero-order valence-corrected chi connectivity index (χ0v) is 11.8. The van der Waals surface area contributed by atoms with E-state index in [-0.39, 0.29) is 6.42 Å². The van der Waals surface area contributed by atoms with Gasteiger partial charge in [-0.25, -0.2) is 0 Å². The van der Waals surface area contributed by atoms with E-state index in [4.69, 9.17) is 10.2 Å². The zero-order chi connectivity index (χ0) is 14.5. The van der Waals surface area contributed by atoms with Gasteiger partial charge in [-0.2, -0.15) is 0 Å². The van der Waals surface area contributed by atoms with Crippen molar-refractivity contribution in [3.63, 3.8) is 0 Å². The van der Waals surface area contributed by atoms with Crippen LogP contribution in [0.5, 0.6) is 0 Å². The summed E-state index contributed by atoms with van der Waals surface area (Å²) in [6.07, 6.45) is 12.0. The van der Waals surface area contributed by atoms with Crippen LogP contribution < -0.4 is 0 Å². The number of carbonyl (C=O) groups is 2. The number of hydrogen-bond acceptors (Lipinski definition) is 2. The molecular formula is C15H26O4. The molecule has 0 aliphatic rings. The molecule has 0 heterocycles. The Morgan fingerprint density at radius 1 is 1.00 bits per heavy atom. The second-order valence-electron chi connectivity index (χ2n) is 4.88. The van der Waals surface area contributed by atoms with Crippen molar-refractivity contribution in [3.8, 4) is 0 Å². The standard InChI is InChI=1S/C15H26O4/c1-2-3-4-5-6-7-8-9-10-11-13(15(18)19)12-14(16)17/h5-6,13H,2-4,7-12H2,1H3,(H,16,17)(H,18,19)/b6-5+. The lowest BCUT2D eigenvalue weighted by atomic mass is 9.97. The van der Waals surface area contributed by atoms with E-state index < -0.39 is 17.9 Å². The van der Waals surface area contributed by atoms with E-state index in [0.717, 1.165) is 32.1 Å². The lowest BCUT2D eigenvalue weighted by Crippen LogP contribution is -2.17. The first-order valence-corrected chi connectivity index (χ1v) is 7.17. The van der Waals surface area contributed by atoms with Gasteiger partial charge in [0.1, 0.15) is 0 Å². The van der Waals surface area contributed by atoms with Crippen molar-refractivity contribution in [1.29, 1.82) is 0 Å². The molecule has 1 atom stereocenters. The van der Waals surface area contributed by atoms with Crippen LogP contribution in [0.25, 0.3) is 0 Å². The highest BCUT2D eigenvalue weighted by atomic mass is 16.4. The summed E-state index contributed by atoms with van der Waals surface area (Å²) in [7, 11) is 0. The van der Waals surface area contributed by atoms with Gasteiger partial charge in [-0.05, 0) is 25.7 Å². The molecule has 19 heavy (non-hydrogen) atoms. The molecule has 4 heteroatoms. The van der Waals surface area contributed by atoms with Crippen molar-refractivity contribution < 1.29 is 19.8 Å². The monoisotopic (exact) mass is 270 g/mol. The maximum atomic E-state index is 10.8. The van der Waals surface area contributed by atoms with E-state index >= 15 is 0 Å². The minimum absolute atomic E-state index is 0.272. The molecule has 0 bridgehead atoms. The molecule has 4 nitrogen and oxygen atoms in total. The highest BCUT2D eigenvalue weighted by molar-refractivity contribution is 5.77. The van der Waals surface area contributed by atoms with E-state index in [1.807, 2.05) is 0 Å². The minimum Gasteiger partial charge on any atom is -0.481 e. The van der Waals surface area contributed by atoms with Crippen LogP contribution in [-0.4, -0.2) is 22.2 Å². The van der Waals surface area contributed by atoms with Crippen molar-refractivity contribution in [2.45, 2.75) is 64.7 Å². The molecule has 0 aromatic rings. The van der Waals surface area contributed by atoms with Gasteiger partial charge in [0.15, 0.2) is 0 Å². The minimum atomic E-state index is -1.04. The van der Waals surface area contributed by atoms with Gasteiger partial charge in [-0.15, -0.1) is 0 Å². The van der Waals surface area contributed by atoms with Gasteiger partial charge in [0.05, 0.1) is 12.3 Å². The van der Waals surface area contributed by atoms with Crippen molar-refractivity contribution in [2.24, 2.45) is 5.92 Å². The Morgan fingerprint density at radius 3 is 2.16 bits per heavy atom. The van der Waals surface area contributed by atoms with E-state index in [1.165, 1.54) is 12.8 Å². The molecule has 0 fully saturated rings. The van der Waals surface area contributed by atoms with E-state index in [9.17, 15) is 9.59 Å². The zero-order valence-electron chi connectivity index (χ0n) is 11.8. The Morgan fingerprint density at radius 2 is 1.63 bits per heavy atom. The molecule has 0 saturated carbocycles. The molecule has 2 N–H and O–H groups in total. The van der Waals surface area contributed by atoms with Gasteiger partial charge in [-0.1, -0.05) is 44.8 Å². The Bertz CT molecular complexity index is 284. The first kappa shape index (κ1) is 17.7. The SMILES string of the molecule is CCCC/C=C/CCCCCC(CC(=O)O)C(=O)O. The largest absolute Gasteiger partial charge is 0.481 e. The van der Waals surface area contributed by atoms with Crippen molar-refractivity contribution >= 4 is 11.9 Å². The Hall–Kier alpha value is -1.32. The summed E-state index contributed by atoms with van der Waals surface area (Å²) in [4.78, 5) is 21.3. The molecule has 1 unspecified atom stereocenters. The average Bonchev–Trinajstić information content (AvgIpc) is 2.34. The third-order valence-electron chi connectivity index (χ3n) is 3.08. The summed E-state index contributed by atoms with van der Waals surface area (Å²) in [5.74, 6) is -2.77. The number of carboxylic acids is 2. The van der Waals surface area contributed by atoms with Gasteiger partial charge in [0, 0.05) is 0 Å². The summed E-state index contributed by atoms with van der Waals surface area (Å²) < 4.78 is 0. The predicted octanol–water partition coefficient (Wildman–Crippen LogP) is 3.86. The van der Waals surface area contributed by atoms with Crippen LogP contribution in [0.2, 0.25) is 0 Å². The second-order valence-corrected chi connectivity index (χ2v) is 4.88. The summed E-state index contributed by atoms with van der Waals surface area (Å²) >= 11 is 0. The quantitative estimate of drug-likeness (QED) is 0.417. The normalized spacial score (nSPS) is 12.7. The highest BCUT2D eigenvalue weighted by Gasteiger charge is 2.19. The predicted molar refractivity (Wildman–Crippen MR) is 75.1 cm³/mol. The summed E-state index contributed by atoms with van der Waals surface area (Å²) in [6.45, 7) is 2.17. The van der Waals surface area contributed by atoms with E-state index in [1.54, 1.807) is 0 Å². The lowest BCUT2D eigenvalue weighted by molar-refractivity contribution is -0.148. The van der Waals surface area contributed by atoms with Crippen LogP contribution in [0.4, 0.5) is 0 Å². The van der Waals surface area contributed by atoms with Crippen LogP contribution in [0.3, 0.4) is 0 Å². The molecule has 0 radical (unpaired) electrons. The molecule has 0 aromatic carbocycles. The third kappa shape index (κ3) is 11.5. The lowest BCUT2D eigenvalue weighted by Gasteiger charge is -2.08. The molecule has 0 aromatic heterocycles. The van der Waals surface area contributed by atoms with Gasteiger partial charge in [0.2, 0.25) is 0 Å². The maximum absolute atomic E-state index is 10.8. The third-order valence-corrected chi connectivity index (χ3v) is 3.08. The first-order chi connectivity index (χ1) is 9.07. The van der Waals surface area contributed by atoms with Crippen LogP contribution in [0.15, 0.2) is 12.2 Å². The van der Waals surface area contributed by atoms with Gasteiger partial charge in [-0.3, -0.25) is 9.59 Å². The summed E-state index contributed by atoms with van der Waals surface area (Å²) in [5, 5.41) is 17.5. The fourth-order valence-electron chi connectivity index (χ4n) is 1.91.